The molecule has 4 aliphatic rings. The van der Waals surface area contributed by atoms with E-state index >= 15 is 0 Å². The monoisotopic (exact) mass is 480 g/mol. The van der Waals surface area contributed by atoms with Crippen LogP contribution < -0.4 is 0 Å². The molecule has 4 rings (SSSR count). The maximum Gasteiger partial charge on any atom is 0.368 e. The zero-order valence-corrected chi connectivity index (χ0v) is 21.3. The highest BCUT2D eigenvalue weighted by Crippen LogP contribution is 2.59. The average Bonchev–Trinajstić information content (AvgIpc) is 2.77. The van der Waals surface area contributed by atoms with Crippen LogP contribution in [0.2, 0.25) is 0 Å². The number of hydrogen-bond donors (Lipinski definition) is 0. The van der Waals surface area contributed by atoms with E-state index in [1.165, 1.54) is 0 Å². The van der Waals surface area contributed by atoms with Crippen molar-refractivity contribution in [2.45, 2.75) is 85.0 Å². The lowest BCUT2D eigenvalue weighted by Crippen LogP contribution is -2.69. The second-order valence-electron chi connectivity index (χ2n) is 10.5. The third kappa shape index (κ3) is 3.72. The lowest BCUT2D eigenvalue weighted by atomic mass is 9.50. The predicted octanol–water partition coefficient (Wildman–Crippen LogP) is 4.87. The highest BCUT2D eigenvalue weighted by molar-refractivity contribution is 8.13. The third-order valence-electron chi connectivity index (χ3n) is 8.76. The first-order chi connectivity index (χ1) is 15.6. The Morgan fingerprint density at radius 3 is 2.61 bits per heavy atom. The standard InChI is InChI=1S/C25H36O7S/c1-7-15-13(3)9-10-16-17(15)11-25-22(29-12-30-32-25)19(26)14(4)18(24(25,5)6)21(20(16)27)31-23(28)33-8-2/h13,15-17,21-22H,7-12H2,1-6H3. The summed E-state index contributed by atoms with van der Waals surface area (Å²) >= 11 is 1.03. The highest BCUT2D eigenvalue weighted by Gasteiger charge is 2.68. The van der Waals surface area contributed by atoms with Gasteiger partial charge in [-0.3, -0.25) is 9.59 Å². The zero-order valence-electron chi connectivity index (χ0n) is 20.5. The zero-order chi connectivity index (χ0) is 24.1. The maximum absolute atomic E-state index is 14.1. The fourth-order valence-electron chi connectivity index (χ4n) is 7.06. The molecule has 0 radical (unpaired) electrons. The number of hydrogen-bond acceptors (Lipinski definition) is 8. The summed E-state index contributed by atoms with van der Waals surface area (Å²) in [4.78, 5) is 51.8. The van der Waals surface area contributed by atoms with E-state index in [1.54, 1.807) is 6.92 Å². The molecule has 1 saturated heterocycles. The minimum absolute atomic E-state index is 0.0221. The Hall–Kier alpha value is -1.22. The summed E-state index contributed by atoms with van der Waals surface area (Å²) in [6.07, 6.45) is 1.15. The van der Waals surface area contributed by atoms with E-state index in [0.717, 1.165) is 31.0 Å². The van der Waals surface area contributed by atoms with Gasteiger partial charge in [0.25, 0.3) is 0 Å². The van der Waals surface area contributed by atoms with Gasteiger partial charge in [-0.25, -0.2) is 14.6 Å². The van der Waals surface area contributed by atoms with Crippen LogP contribution in [0.1, 0.15) is 67.2 Å². The largest absolute Gasteiger partial charge is 0.442 e. The second-order valence-corrected chi connectivity index (χ2v) is 11.7. The Morgan fingerprint density at radius 2 is 1.94 bits per heavy atom. The molecule has 8 heteroatoms. The van der Waals surface area contributed by atoms with Gasteiger partial charge < -0.3 is 9.47 Å². The van der Waals surface area contributed by atoms with E-state index in [2.05, 4.69) is 13.8 Å². The van der Waals surface area contributed by atoms with Crippen molar-refractivity contribution in [2.24, 2.45) is 29.1 Å². The number of ether oxygens (including phenoxy) is 2. The fraction of sp³-hybridized carbons (Fsp3) is 0.800. The first kappa shape index (κ1) is 24.9. The Balaban J connectivity index is 1.93. The minimum Gasteiger partial charge on any atom is -0.442 e. The lowest BCUT2D eigenvalue weighted by Gasteiger charge is -2.59. The molecule has 7 nitrogen and oxygen atoms in total. The first-order valence-electron chi connectivity index (χ1n) is 12.2. The maximum atomic E-state index is 14.1. The van der Waals surface area contributed by atoms with Gasteiger partial charge >= 0.3 is 5.30 Å². The summed E-state index contributed by atoms with van der Waals surface area (Å²) in [6, 6.07) is 0. The van der Waals surface area contributed by atoms with Crippen molar-refractivity contribution in [2.75, 3.05) is 12.5 Å². The number of thioether (sulfide) groups is 1. The summed E-state index contributed by atoms with van der Waals surface area (Å²) in [5.41, 5.74) is -0.989. The van der Waals surface area contributed by atoms with E-state index in [9.17, 15) is 14.4 Å². The molecule has 2 bridgehead atoms. The quantitative estimate of drug-likeness (QED) is 0.417. The normalized spacial score (nSPS) is 40.4. The number of Topliss-reactive ketones (excluding diaryl/α,β-unsaturated/α-hetero) is 2. The fourth-order valence-corrected chi connectivity index (χ4v) is 7.46. The van der Waals surface area contributed by atoms with Crippen molar-refractivity contribution < 1.29 is 33.6 Å². The SMILES string of the molecule is CCSC(=O)OC1C(=O)C2CCC(C)C(CC)C2CC23OOCOC2C(=O)C(C)=C1C3(C)C. The number of carbonyl (C=O) groups excluding carboxylic acids is 3. The van der Waals surface area contributed by atoms with Crippen LogP contribution in [0.4, 0.5) is 4.79 Å². The molecular formula is C25H36O7S. The first-order valence-corrected chi connectivity index (χ1v) is 13.1. The molecule has 1 aliphatic heterocycles. The number of carbonyl (C=O) groups is 3. The van der Waals surface area contributed by atoms with Gasteiger partial charge in [-0.1, -0.05) is 41.0 Å². The Labute approximate surface area is 200 Å². The number of ketones is 2. The summed E-state index contributed by atoms with van der Waals surface area (Å²) in [5.74, 6) is 0.667. The molecule has 0 amide bonds. The van der Waals surface area contributed by atoms with Crippen molar-refractivity contribution in [1.82, 2.24) is 0 Å². The van der Waals surface area contributed by atoms with Crippen molar-refractivity contribution in [3.8, 4) is 0 Å². The van der Waals surface area contributed by atoms with Crippen LogP contribution in [-0.4, -0.2) is 47.2 Å². The van der Waals surface area contributed by atoms with E-state index in [-0.39, 0.29) is 36.1 Å². The molecular weight excluding hydrogens is 444 g/mol. The summed E-state index contributed by atoms with van der Waals surface area (Å²) < 4.78 is 11.8. The molecule has 0 aromatic heterocycles. The number of rotatable bonds is 3. The Bertz CT molecular complexity index is 865. The van der Waals surface area contributed by atoms with Gasteiger partial charge in [0.1, 0.15) is 5.60 Å². The molecule has 1 heterocycles. The second kappa shape index (κ2) is 9.10. The molecule has 33 heavy (non-hydrogen) atoms. The van der Waals surface area contributed by atoms with Gasteiger partial charge in [-0.2, -0.15) is 0 Å². The van der Waals surface area contributed by atoms with Gasteiger partial charge in [-0.05, 0) is 66.8 Å². The molecule has 3 aliphatic carbocycles. The molecule has 1 spiro atoms. The van der Waals surface area contributed by atoms with E-state index in [1.807, 2.05) is 20.8 Å². The summed E-state index contributed by atoms with van der Waals surface area (Å²) in [7, 11) is 0. The minimum atomic E-state index is -1.11. The van der Waals surface area contributed by atoms with Gasteiger partial charge in [-0.15, -0.1) is 0 Å². The van der Waals surface area contributed by atoms with Crippen LogP contribution >= 0.6 is 11.8 Å². The molecule has 2 saturated carbocycles. The average molecular weight is 481 g/mol. The molecule has 184 valence electrons. The molecule has 3 fully saturated rings. The molecule has 0 aromatic carbocycles. The van der Waals surface area contributed by atoms with Crippen LogP contribution in [0.5, 0.6) is 0 Å². The molecule has 7 atom stereocenters. The van der Waals surface area contributed by atoms with Crippen molar-refractivity contribution >= 4 is 28.6 Å². The van der Waals surface area contributed by atoms with Crippen LogP contribution in [0, 0.1) is 29.1 Å². The summed E-state index contributed by atoms with van der Waals surface area (Å²) in [5, 5.41) is -0.499. The van der Waals surface area contributed by atoms with Crippen LogP contribution in [-0.2, 0) is 28.8 Å². The van der Waals surface area contributed by atoms with E-state index in [4.69, 9.17) is 19.2 Å². The lowest BCUT2D eigenvalue weighted by molar-refractivity contribution is -0.469. The smallest absolute Gasteiger partial charge is 0.368 e. The van der Waals surface area contributed by atoms with Crippen molar-refractivity contribution in [1.29, 1.82) is 0 Å². The van der Waals surface area contributed by atoms with Crippen LogP contribution in [0.15, 0.2) is 11.1 Å². The topological polar surface area (TPSA) is 88.1 Å². The van der Waals surface area contributed by atoms with Crippen LogP contribution in [0.25, 0.3) is 0 Å². The molecule has 7 unspecified atom stereocenters. The highest BCUT2D eigenvalue weighted by atomic mass is 32.2. The van der Waals surface area contributed by atoms with Gasteiger partial charge in [0.2, 0.25) is 0 Å². The third-order valence-corrected chi connectivity index (χ3v) is 9.38. The van der Waals surface area contributed by atoms with E-state index < -0.39 is 28.5 Å². The predicted molar refractivity (Wildman–Crippen MR) is 123 cm³/mol. The molecule has 0 N–H and O–H groups in total. The van der Waals surface area contributed by atoms with Crippen molar-refractivity contribution in [3.63, 3.8) is 0 Å². The van der Waals surface area contributed by atoms with Gasteiger partial charge in [0.05, 0.1) is 0 Å². The summed E-state index contributed by atoms with van der Waals surface area (Å²) in [6.45, 7) is 11.7. The van der Waals surface area contributed by atoms with Crippen LogP contribution in [0.3, 0.4) is 0 Å². The Kier molecular flexibility index (Phi) is 6.86. The van der Waals surface area contributed by atoms with Gasteiger partial charge in [0, 0.05) is 17.1 Å². The van der Waals surface area contributed by atoms with Crippen molar-refractivity contribution in [3.05, 3.63) is 11.1 Å². The van der Waals surface area contributed by atoms with Gasteiger partial charge in [0.15, 0.2) is 30.6 Å². The number of fused-ring (bicyclic) bond motifs is 2. The Morgan fingerprint density at radius 1 is 1.21 bits per heavy atom. The molecule has 0 aromatic rings. The van der Waals surface area contributed by atoms with E-state index in [0.29, 0.717) is 29.2 Å².